The van der Waals surface area contributed by atoms with Crippen molar-refractivity contribution in [2.75, 3.05) is 6.26 Å². The summed E-state index contributed by atoms with van der Waals surface area (Å²) in [7, 11) is -1.79. The number of ketones is 1. The number of carbonyl (C=O) groups is 1. The number of aryl methyl sites for hydroxylation is 3. The minimum atomic E-state index is -3.48. The molecule has 0 bridgehead atoms. The normalized spacial score (nSPS) is 11.5. The lowest BCUT2D eigenvalue weighted by Crippen LogP contribution is -2.11. The highest BCUT2D eigenvalue weighted by Gasteiger charge is 2.26. The predicted molar refractivity (Wildman–Crippen MR) is 116 cm³/mol. The second-order valence-corrected chi connectivity index (χ2v) is 9.70. The van der Waals surface area contributed by atoms with E-state index >= 15 is 0 Å². The van der Waals surface area contributed by atoms with Crippen molar-refractivity contribution in [1.82, 2.24) is 9.78 Å². The molecule has 1 aromatic heterocycles. The summed E-state index contributed by atoms with van der Waals surface area (Å²) in [6.07, 6.45) is 2.55. The Labute approximate surface area is 181 Å². The summed E-state index contributed by atoms with van der Waals surface area (Å²) in [6, 6.07) is 9.40. The van der Waals surface area contributed by atoms with Crippen LogP contribution in [0.2, 0.25) is 5.02 Å². The maximum Gasteiger partial charge on any atom is 0.223 e. The number of sulfone groups is 1. The Morgan fingerprint density at radius 2 is 1.77 bits per heavy atom. The molecule has 0 unspecified atom stereocenters. The maximum atomic E-state index is 13.3. The summed E-state index contributed by atoms with van der Waals surface area (Å²) in [5.41, 5.74) is 3.41. The number of carbonyl (C=O) groups excluding carboxylic acids is 1. The number of rotatable bonds is 6. The molecule has 0 aliphatic carbocycles. The average molecular weight is 447 g/mol. The van der Waals surface area contributed by atoms with Crippen molar-refractivity contribution in [3.63, 3.8) is 0 Å². The van der Waals surface area contributed by atoms with Gasteiger partial charge in [-0.2, -0.15) is 5.10 Å². The lowest BCUT2D eigenvalue weighted by atomic mass is 10.0. The van der Waals surface area contributed by atoms with Gasteiger partial charge < -0.3 is 4.74 Å². The van der Waals surface area contributed by atoms with Crippen molar-refractivity contribution in [2.45, 2.75) is 32.3 Å². The minimum absolute atomic E-state index is 0.111. The first-order valence-electron chi connectivity index (χ1n) is 9.25. The van der Waals surface area contributed by atoms with E-state index in [0.717, 1.165) is 17.4 Å². The number of halogens is 1. The summed E-state index contributed by atoms with van der Waals surface area (Å²) in [4.78, 5) is 13.4. The Bertz CT molecular complexity index is 1230. The molecule has 0 amide bonds. The monoisotopic (exact) mass is 446 g/mol. The van der Waals surface area contributed by atoms with Crippen LogP contribution in [-0.4, -0.2) is 30.2 Å². The van der Waals surface area contributed by atoms with Crippen molar-refractivity contribution in [2.24, 2.45) is 7.05 Å². The second-order valence-electron chi connectivity index (χ2n) is 7.37. The quantitative estimate of drug-likeness (QED) is 0.530. The molecule has 2 aromatic carbocycles. The highest BCUT2D eigenvalue weighted by atomic mass is 35.5. The smallest absolute Gasteiger partial charge is 0.223 e. The summed E-state index contributed by atoms with van der Waals surface area (Å²) in [6.45, 7) is 5.53. The molecule has 3 rings (SSSR count). The van der Waals surface area contributed by atoms with Crippen LogP contribution in [0.4, 0.5) is 0 Å². The number of nitrogens with zero attached hydrogens (tertiary/aromatic N) is 2. The van der Waals surface area contributed by atoms with Crippen molar-refractivity contribution < 1.29 is 17.9 Å². The lowest BCUT2D eigenvalue weighted by Gasteiger charge is -2.14. The third-order valence-electron chi connectivity index (χ3n) is 4.87. The van der Waals surface area contributed by atoms with Gasteiger partial charge in [0.05, 0.1) is 16.1 Å². The van der Waals surface area contributed by atoms with Crippen LogP contribution in [0.25, 0.3) is 0 Å². The van der Waals surface area contributed by atoms with E-state index in [1.54, 1.807) is 20.9 Å². The van der Waals surface area contributed by atoms with E-state index in [1.165, 1.54) is 16.9 Å². The number of hydrogen-bond acceptors (Lipinski definition) is 5. The first kappa shape index (κ1) is 22.1. The third-order valence-corrected chi connectivity index (χ3v) is 6.72. The number of aromatic nitrogens is 2. The van der Waals surface area contributed by atoms with Crippen LogP contribution in [0, 0.1) is 20.8 Å². The molecular weight excluding hydrogens is 424 g/mol. The largest absolute Gasteiger partial charge is 0.472 e. The second kappa shape index (κ2) is 8.24. The van der Waals surface area contributed by atoms with Gasteiger partial charge in [0.1, 0.15) is 12.2 Å². The molecule has 0 atom stereocenters. The predicted octanol–water partition coefficient (Wildman–Crippen LogP) is 4.21. The Balaban J connectivity index is 1.98. The van der Waals surface area contributed by atoms with Gasteiger partial charge in [0.25, 0.3) is 0 Å². The van der Waals surface area contributed by atoms with Gasteiger partial charge in [0, 0.05) is 18.9 Å². The number of benzene rings is 2. The molecule has 0 radical (unpaired) electrons. The van der Waals surface area contributed by atoms with Gasteiger partial charge in [0.2, 0.25) is 11.7 Å². The first-order valence-corrected chi connectivity index (χ1v) is 11.5. The van der Waals surface area contributed by atoms with E-state index in [0.29, 0.717) is 17.0 Å². The van der Waals surface area contributed by atoms with Gasteiger partial charge in [-0.15, -0.1) is 0 Å². The van der Waals surface area contributed by atoms with Gasteiger partial charge in [-0.05, 0) is 43.5 Å². The molecule has 0 aliphatic rings. The SMILES string of the molecule is Cc1ccc(COc2c(C(=O)c3cc(C)c(S(C)(=O)=O)c(C)c3Cl)cnn2C)cc1. The van der Waals surface area contributed by atoms with Gasteiger partial charge in [0.15, 0.2) is 9.84 Å². The molecule has 0 saturated carbocycles. The molecule has 0 fully saturated rings. The summed E-state index contributed by atoms with van der Waals surface area (Å²) in [5.74, 6) is -0.0580. The Morgan fingerprint density at radius 1 is 1.13 bits per heavy atom. The fraction of sp³-hybridized carbons (Fsp3) is 0.273. The van der Waals surface area contributed by atoms with Gasteiger partial charge >= 0.3 is 0 Å². The Morgan fingerprint density at radius 3 is 2.37 bits per heavy atom. The molecular formula is C22H23ClN2O4S. The number of hydrogen-bond donors (Lipinski definition) is 0. The van der Waals surface area contributed by atoms with Crippen molar-refractivity contribution in [3.05, 3.63) is 74.9 Å². The Hall–Kier alpha value is -2.64. The van der Waals surface area contributed by atoms with E-state index in [1.807, 2.05) is 31.2 Å². The zero-order chi connectivity index (χ0) is 22.2. The van der Waals surface area contributed by atoms with E-state index in [9.17, 15) is 13.2 Å². The zero-order valence-electron chi connectivity index (χ0n) is 17.5. The van der Waals surface area contributed by atoms with Crippen molar-refractivity contribution in [3.8, 4) is 5.88 Å². The van der Waals surface area contributed by atoms with Crippen LogP contribution in [0.1, 0.15) is 38.2 Å². The van der Waals surface area contributed by atoms with Crippen LogP contribution < -0.4 is 4.74 Å². The molecule has 8 heteroatoms. The third kappa shape index (κ3) is 4.27. The van der Waals surface area contributed by atoms with E-state index in [4.69, 9.17) is 16.3 Å². The molecule has 3 aromatic rings. The van der Waals surface area contributed by atoms with Crippen molar-refractivity contribution in [1.29, 1.82) is 0 Å². The molecule has 30 heavy (non-hydrogen) atoms. The number of ether oxygens (including phenoxy) is 1. The molecule has 0 N–H and O–H groups in total. The van der Waals surface area contributed by atoms with E-state index < -0.39 is 9.84 Å². The van der Waals surface area contributed by atoms with E-state index in [-0.39, 0.29) is 33.4 Å². The molecule has 1 heterocycles. The lowest BCUT2D eigenvalue weighted by molar-refractivity contribution is 0.103. The summed E-state index contributed by atoms with van der Waals surface area (Å²) < 4.78 is 31.6. The zero-order valence-corrected chi connectivity index (χ0v) is 19.1. The summed E-state index contributed by atoms with van der Waals surface area (Å²) >= 11 is 6.41. The molecule has 0 saturated heterocycles. The van der Waals surface area contributed by atoms with Gasteiger partial charge in [-0.3, -0.25) is 4.79 Å². The maximum absolute atomic E-state index is 13.3. The standard InChI is InChI=1S/C22H23ClN2O4S/c1-13-6-8-16(9-7-13)12-29-22-18(11-24-25(22)4)20(26)17-10-14(2)21(30(5,27)28)15(3)19(17)23/h6-11H,12H2,1-5H3. The van der Waals surface area contributed by atoms with Gasteiger partial charge in [-0.25, -0.2) is 13.1 Å². The highest BCUT2D eigenvalue weighted by molar-refractivity contribution is 7.90. The fourth-order valence-corrected chi connectivity index (χ4v) is 5.01. The van der Waals surface area contributed by atoms with Crippen LogP contribution in [-0.2, 0) is 23.5 Å². The minimum Gasteiger partial charge on any atom is -0.472 e. The average Bonchev–Trinajstić information content (AvgIpc) is 3.03. The van der Waals surface area contributed by atoms with Crippen molar-refractivity contribution >= 4 is 27.2 Å². The first-order chi connectivity index (χ1) is 14.0. The molecule has 158 valence electrons. The summed E-state index contributed by atoms with van der Waals surface area (Å²) in [5, 5.41) is 4.26. The Kier molecular flexibility index (Phi) is 6.06. The van der Waals surface area contributed by atoms with Crippen LogP contribution in [0.5, 0.6) is 5.88 Å². The fourth-order valence-electron chi connectivity index (χ4n) is 3.41. The van der Waals surface area contributed by atoms with Crippen LogP contribution >= 0.6 is 11.6 Å². The molecule has 0 spiro atoms. The van der Waals surface area contributed by atoms with Crippen LogP contribution in [0.15, 0.2) is 41.4 Å². The van der Waals surface area contributed by atoms with Gasteiger partial charge in [-0.1, -0.05) is 41.4 Å². The highest BCUT2D eigenvalue weighted by Crippen LogP contribution is 2.33. The molecule has 0 aliphatic heterocycles. The van der Waals surface area contributed by atoms with E-state index in [2.05, 4.69) is 5.10 Å². The van der Waals surface area contributed by atoms with Crippen LogP contribution in [0.3, 0.4) is 0 Å². The topological polar surface area (TPSA) is 78.3 Å². The molecule has 6 nitrogen and oxygen atoms in total.